The Balaban J connectivity index is 0.910. The summed E-state index contributed by atoms with van der Waals surface area (Å²) in [5.41, 5.74) is 25.8. The Morgan fingerprint density at radius 3 is 1.96 bits per heavy atom. The number of carbonyl (C=O) groups excluding carboxylic acids is 19. The second kappa shape index (κ2) is 60.2. The van der Waals surface area contributed by atoms with E-state index in [1.165, 1.54) is 16.8 Å². The summed E-state index contributed by atoms with van der Waals surface area (Å²) in [6, 6.07) is -0.673. The van der Waals surface area contributed by atoms with Crippen molar-refractivity contribution in [2.24, 2.45) is 75.3 Å². The monoisotopic (exact) mass is 1970 g/mol. The maximum absolute atomic E-state index is 15.0. The highest BCUT2D eigenvalue weighted by atomic mass is 33.1. The minimum atomic E-state index is -1.66. The second-order valence-corrected chi connectivity index (χ2v) is 39.5. The maximum atomic E-state index is 15.0. The van der Waals surface area contributed by atoms with Crippen LogP contribution in [-0.2, 0) is 117 Å². The highest BCUT2D eigenvalue weighted by Gasteiger charge is 2.51. The van der Waals surface area contributed by atoms with Gasteiger partial charge < -0.3 is 101 Å². The average Bonchev–Trinajstić information content (AvgIpc) is 1.61. The highest BCUT2D eigenvalue weighted by Crippen LogP contribution is 2.53. The zero-order valence-electron chi connectivity index (χ0n) is 80.3. The van der Waals surface area contributed by atoms with E-state index in [0.717, 1.165) is 77.1 Å². The van der Waals surface area contributed by atoms with E-state index >= 15 is 4.79 Å². The van der Waals surface area contributed by atoms with Crippen molar-refractivity contribution in [2.75, 3.05) is 84.2 Å². The van der Waals surface area contributed by atoms with Crippen LogP contribution in [0.15, 0.2) is 35.3 Å². The van der Waals surface area contributed by atoms with Crippen LogP contribution < -0.4 is 76.1 Å². The molecule has 4 heterocycles. The van der Waals surface area contributed by atoms with Gasteiger partial charge in [0.1, 0.15) is 36.3 Å². The zero-order chi connectivity index (χ0) is 101. The lowest BCUT2D eigenvalue weighted by atomic mass is 9.89. The summed E-state index contributed by atoms with van der Waals surface area (Å²) in [6.07, 6.45) is 4.73. The third-order valence-electron chi connectivity index (χ3n) is 26.0. The van der Waals surface area contributed by atoms with Gasteiger partial charge in [-0.25, -0.2) is 9.48 Å². The number of amides is 13. The Morgan fingerprint density at radius 1 is 0.630 bits per heavy atom. The highest BCUT2D eigenvalue weighted by molar-refractivity contribution is 8.76. The molecule has 1 saturated carbocycles. The number of fused-ring (bicyclic) bond motifs is 2. The van der Waals surface area contributed by atoms with Gasteiger partial charge in [0.25, 0.3) is 0 Å². The molecule has 5 aliphatic rings. The van der Waals surface area contributed by atoms with Gasteiger partial charge in [-0.3, -0.25) is 91.3 Å². The number of aliphatic hydroxyl groups is 2. The van der Waals surface area contributed by atoms with Crippen LogP contribution in [0.5, 0.6) is 0 Å². The van der Waals surface area contributed by atoms with Gasteiger partial charge in [0, 0.05) is 133 Å². The number of nitrogens with one attached hydrogen (secondary N) is 10. The van der Waals surface area contributed by atoms with Crippen molar-refractivity contribution in [2.45, 2.75) is 288 Å². The van der Waals surface area contributed by atoms with Crippen LogP contribution in [-0.4, -0.2) is 285 Å². The standard InChI is InChI=1S/C94H146N20O22S2/c1-6-7-21-69(89(131)100-41-38-58-19-9-8-10-20-58)106-90(132)75-24-16-42-112(75)84(126)37-33-77(119)68(22-11-13-39-95)105-88(130)61-48-79(121)72(52-116)108-87(129)60(45-56(2)3)47-80(122)73(55-138-137-54-61)109-91(133)76-25-17-43-113(76)92(134)70(23-15-40-101-93(97)98)107-86(128)59(26-34-81(96)123)46-78(120)71(51-115)104-83(125)36-28-62(117)49-102-82(124)35-27-63(118)50-103-85(127)57(4)18-12-14-44-114-74-32-30-65-64(29-31-67(74)110-111-114)66(65)53-136-94(135)99-5/h8-10,19-20,56-57,59-61,64-66,68-73,75-76,115-116H,6-7,11-18,21-55,95H2,1-5H3,(H2,96,123)(H,99,135)(H,100,131)(H,102,124)(H,103,127)(H,104,125)(H,105,130)(H,106,132)(H,107,128)(H,108,129)(H,109,133)(H4,97,98,101)/t57-,59+,60+,61-,64+,65-,66+,68-,69+,70-,71-,72-,73-,75-,76-/m0/s1. The lowest BCUT2D eigenvalue weighted by molar-refractivity contribution is -0.143. The topological polar surface area (TPSA) is 648 Å². The fourth-order valence-corrected chi connectivity index (χ4v) is 20.4. The number of nitrogens with two attached hydrogens (primary N) is 4. The largest absolute Gasteiger partial charge is 0.449 e. The Bertz CT molecular complexity index is 4500. The van der Waals surface area contributed by atoms with Crippen LogP contribution in [0.2, 0.25) is 0 Å². The number of nitrogens with zero attached hydrogens (tertiary/aromatic N) is 6. The summed E-state index contributed by atoms with van der Waals surface area (Å²) < 4.78 is 7.27. The van der Waals surface area contributed by atoms with Crippen molar-refractivity contribution >= 4 is 139 Å². The third-order valence-corrected chi connectivity index (χ3v) is 28.5. The molecule has 13 amide bonds. The number of alkyl carbamates (subject to hydrolysis) is 1. The molecule has 42 nitrogen and oxygen atoms in total. The molecule has 0 bridgehead atoms. The van der Waals surface area contributed by atoms with E-state index in [1.807, 2.05) is 41.9 Å². The number of benzene rings is 1. The molecule has 2 aromatic rings. The number of unbranched alkanes of at least 4 members (excludes halogenated alkanes) is 3. The number of likely N-dealkylation sites (tertiary alicyclic amines) is 2. The molecular weight excluding hydrogens is 1830 g/mol. The van der Waals surface area contributed by atoms with Gasteiger partial charge in [-0.05, 0) is 158 Å². The number of primary amides is 1. The van der Waals surface area contributed by atoms with Crippen LogP contribution in [0.1, 0.15) is 231 Å². The molecule has 0 unspecified atom stereocenters. The molecule has 3 saturated heterocycles. The van der Waals surface area contributed by atoms with Gasteiger partial charge in [0.05, 0.1) is 62.3 Å². The molecule has 1 aromatic heterocycles. The van der Waals surface area contributed by atoms with Crippen molar-refractivity contribution < 1.29 is 106 Å². The molecule has 1 aromatic carbocycles. The first-order valence-electron chi connectivity index (χ1n) is 48.7. The number of carbonyl (C=O) groups is 19. The smallest absolute Gasteiger partial charge is 0.406 e. The number of aliphatic hydroxyl groups excluding tert-OH is 2. The second-order valence-electron chi connectivity index (χ2n) is 37.0. The van der Waals surface area contributed by atoms with Crippen LogP contribution in [0.25, 0.3) is 0 Å². The number of aryl methyl sites for hydroxylation is 2. The molecule has 2 aliphatic carbocycles. The lowest BCUT2D eigenvalue weighted by Gasteiger charge is -2.31. The summed E-state index contributed by atoms with van der Waals surface area (Å²) in [7, 11) is 3.63. The first kappa shape index (κ1) is 114. The summed E-state index contributed by atoms with van der Waals surface area (Å²) in [5, 5.41) is 56.5. The van der Waals surface area contributed by atoms with Gasteiger partial charge in [-0.1, -0.05) is 104 Å². The number of aliphatic imine (C=N–C) groups is 1. The van der Waals surface area contributed by atoms with E-state index in [1.54, 1.807) is 20.8 Å². The summed E-state index contributed by atoms with van der Waals surface area (Å²) >= 11 is 0. The number of aromatic nitrogens is 3. The average molecular weight is 1970 g/mol. The molecule has 7 rings (SSSR count). The number of rotatable bonds is 57. The Labute approximate surface area is 813 Å². The number of hydrogen-bond donors (Lipinski definition) is 16. The van der Waals surface area contributed by atoms with Crippen molar-refractivity contribution in [1.82, 2.24) is 78.0 Å². The molecule has 20 N–H and O–H groups in total. The van der Waals surface area contributed by atoms with Gasteiger partial charge in [0.2, 0.25) is 70.9 Å². The predicted octanol–water partition coefficient (Wildman–Crippen LogP) is 0.502. The number of ether oxygens (including phenoxy) is 1. The van der Waals surface area contributed by atoms with E-state index in [-0.39, 0.29) is 139 Å². The fraction of sp³-hybridized carbons (Fsp3) is 0.702. The number of guanidine groups is 1. The van der Waals surface area contributed by atoms with Crippen LogP contribution in [0, 0.1) is 47.3 Å². The first-order valence-corrected chi connectivity index (χ1v) is 51.2. The van der Waals surface area contributed by atoms with Crippen molar-refractivity contribution in [3.05, 3.63) is 47.3 Å². The van der Waals surface area contributed by atoms with Crippen LogP contribution >= 0.6 is 21.6 Å². The van der Waals surface area contributed by atoms with Crippen LogP contribution in [0.3, 0.4) is 0 Å². The molecular formula is C94H146N20O22S2. The lowest BCUT2D eigenvalue weighted by Crippen LogP contribution is -2.56. The zero-order valence-corrected chi connectivity index (χ0v) is 81.9. The SMILES string of the molecule is CCCC[C@@H](NC(=O)[C@@H]1CCCN1C(=O)CCC(=O)[C@H](CCCCN)NC(=O)[C@@H]1CSSC[C@H](NC(=O)[C@@H]2CCCN2C(=O)[C@H](CCCN=C(N)N)NC(=O)[C@H](CCC(N)=O)CC(=O)[C@H](CO)NC(=O)CCC(=O)CNC(=O)CCC(=O)CNC(=O)[C@@H](C)CCCCn2nnc3c2CC[C@H]2[C@@H](CC3)[C@H]2COC(=O)NC)C(=O)C[C@@H](CC(C)C)C(=O)N[C@@H](CO)C(=O)C1)C(=O)NCCc1ccccc1. The molecule has 0 spiro atoms. The Kier molecular flexibility index (Phi) is 49.8. The van der Waals surface area contributed by atoms with Crippen LogP contribution in [0.4, 0.5) is 4.79 Å². The number of hydrogen-bond acceptors (Lipinski definition) is 28. The Hall–Kier alpha value is -10.9. The summed E-state index contributed by atoms with van der Waals surface area (Å²) in [5.74, 6) is -15.7. The van der Waals surface area contributed by atoms with Gasteiger partial charge in [-0.2, -0.15) is 0 Å². The molecule has 15 atom stereocenters. The minimum absolute atomic E-state index is 0.0433. The van der Waals surface area contributed by atoms with E-state index in [0.29, 0.717) is 95.2 Å². The van der Waals surface area contributed by atoms with Gasteiger partial charge >= 0.3 is 6.09 Å². The van der Waals surface area contributed by atoms with E-state index in [9.17, 15) is 96.5 Å². The van der Waals surface area contributed by atoms with E-state index < -0.39 is 230 Å². The van der Waals surface area contributed by atoms with Gasteiger partial charge in [-0.15, -0.1) is 5.10 Å². The van der Waals surface area contributed by atoms with Crippen molar-refractivity contribution in [3.8, 4) is 0 Å². The molecule has 4 fully saturated rings. The molecule has 766 valence electrons. The van der Waals surface area contributed by atoms with E-state index in [2.05, 4.69) is 68.5 Å². The molecule has 44 heteroatoms. The summed E-state index contributed by atoms with van der Waals surface area (Å²) in [4.78, 5) is 267. The Morgan fingerprint density at radius 2 is 1.29 bits per heavy atom. The third kappa shape index (κ3) is 38.7. The molecule has 138 heavy (non-hydrogen) atoms. The normalized spacial score (nSPS) is 20.8. The first-order chi connectivity index (χ1) is 66.1. The predicted molar refractivity (Wildman–Crippen MR) is 512 cm³/mol. The molecule has 0 radical (unpaired) electrons. The quantitative estimate of drug-likeness (QED) is 0.0186. The number of Topliss-reactive ketones (excluding diaryl/α,β-unsaturated/α-hetero) is 6. The van der Waals surface area contributed by atoms with Gasteiger partial charge in [0.15, 0.2) is 40.7 Å². The minimum Gasteiger partial charge on any atom is -0.449 e. The number of ketones is 6. The van der Waals surface area contributed by atoms with E-state index in [4.69, 9.17) is 27.7 Å². The van der Waals surface area contributed by atoms with Crippen molar-refractivity contribution in [3.63, 3.8) is 0 Å². The fourth-order valence-electron chi connectivity index (χ4n) is 17.9. The van der Waals surface area contributed by atoms with Crippen molar-refractivity contribution in [1.29, 1.82) is 0 Å². The maximum Gasteiger partial charge on any atom is 0.406 e. The molecule has 3 aliphatic heterocycles. The summed E-state index contributed by atoms with van der Waals surface area (Å²) in [6.45, 7) is 6.35.